The number of nitrogens with one attached hydrogen (secondary N) is 1. The first-order chi connectivity index (χ1) is 19.8. The predicted octanol–water partition coefficient (Wildman–Crippen LogP) is 6.65. The average molecular weight is 550 g/mol. The van der Waals surface area contributed by atoms with Crippen LogP contribution < -0.4 is 5.32 Å². The minimum absolute atomic E-state index is 0.109. The summed E-state index contributed by atoms with van der Waals surface area (Å²) in [5, 5.41) is 3.53. The Morgan fingerprint density at radius 1 is 1.22 bits per heavy atom. The first-order valence-electron chi connectivity index (χ1n) is 15.2. The normalized spacial score (nSPS) is 20.5. The highest BCUT2D eigenvalue weighted by Gasteiger charge is 2.47. The van der Waals surface area contributed by atoms with Gasteiger partial charge in [-0.25, -0.2) is 4.98 Å². The number of hydrogen-bond acceptors (Lipinski definition) is 4. The summed E-state index contributed by atoms with van der Waals surface area (Å²) >= 11 is 0. The van der Waals surface area contributed by atoms with E-state index in [1.807, 2.05) is 31.8 Å². The van der Waals surface area contributed by atoms with E-state index in [1.54, 1.807) is 6.20 Å². The number of carbonyl (C=O) groups is 1. The summed E-state index contributed by atoms with van der Waals surface area (Å²) in [6, 6.07) is 11.0. The number of piperidine rings is 1. The van der Waals surface area contributed by atoms with Crippen molar-refractivity contribution in [2.45, 2.75) is 64.8 Å². The Kier molecular flexibility index (Phi) is 7.35. The minimum atomic E-state index is -0.109. The Morgan fingerprint density at radius 3 is 2.66 bits per heavy atom. The van der Waals surface area contributed by atoms with E-state index in [9.17, 15) is 4.79 Å². The lowest BCUT2D eigenvalue weighted by Crippen LogP contribution is -2.41. The molecule has 0 bridgehead atoms. The van der Waals surface area contributed by atoms with Gasteiger partial charge in [-0.1, -0.05) is 50.3 Å². The van der Waals surface area contributed by atoms with Crippen molar-refractivity contribution >= 4 is 17.6 Å². The molecule has 214 valence electrons. The Morgan fingerprint density at radius 2 is 2.00 bits per heavy atom. The van der Waals surface area contributed by atoms with E-state index in [2.05, 4.69) is 77.5 Å². The van der Waals surface area contributed by atoms with Crippen LogP contribution in [-0.2, 0) is 11.8 Å². The van der Waals surface area contributed by atoms with Crippen LogP contribution >= 0.6 is 0 Å². The van der Waals surface area contributed by atoms with Gasteiger partial charge in [-0.3, -0.25) is 9.78 Å². The minimum Gasteiger partial charge on any atom is -0.379 e. The fourth-order valence-electron chi connectivity index (χ4n) is 7.22. The number of benzene rings is 1. The molecular formula is C35H43N5O. The van der Waals surface area contributed by atoms with Crippen molar-refractivity contribution in [2.75, 3.05) is 13.1 Å². The lowest BCUT2D eigenvalue weighted by Gasteiger charge is -2.37. The van der Waals surface area contributed by atoms with Crippen molar-refractivity contribution in [3.8, 4) is 0 Å². The van der Waals surface area contributed by atoms with Crippen molar-refractivity contribution in [1.82, 2.24) is 24.8 Å². The molecule has 41 heavy (non-hydrogen) atoms. The molecule has 3 aromatic rings. The van der Waals surface area contributed by atoms with E-state index in [0.717, 1.165) is 42.9 Å². The van der Waals surface area contributed by atoms with Crippen molar-refractivity contribution < 1.29 is 4.79 Å². The van der Waals surface area contributed by atoms with Gasteiger partial charge in [0.15, 0.2) is 0 Å². The Balaban J connectivity index is 1.35. The maximum atomic E-state index is 13.3. The number of likely N-dealkylation sites (tertiary alicyclic amines) is 1. The average Bonchev–Trinajstić information content (AvgIpc) is 3.66. The first-order valence-corrected chi connectivity index (χ1v) is 15.2. The zero-order valence-corrected chi connectivity index (χ0v) is 24.9. The molecule has 1 amide bonds. The third-order valence-electron chi connectivity index (χ3n) is 10.1. The van der Waals surface area contributed by atoms with Crippen LogP contribution in [-0.4, -0.2) is 38.4 Å². The van der Waals surface area contributed by atoms with E-state index in [0.29, 0.717) is 24.2 Å². The topological polar surface area (TPSA) is 63.1 Å². The number of hydrogen-bond donors (Lipinski definition) is 1. The molecular weight excluding hydrogens is 506 g/mol. The van der Waals surface area contributed by atoms with Crippen molar-refractivity contribution in [1.29, 1.82) is 0 Å². The molecule has 2 aliphatic carbocycles. The molecule has 2 atom stereocenters. The predicted molar refractivity (Wildman–Crippen MR) is 165 cm³/mol. The molecule has 3 heterocycles. The van der Waals surface area contributed by atoms with Crippen LogP contribution in [0.25, 0.3) is 11.6 Å². The summed E-state index contributed by atoms with van der Waals surface area (Å²) in [6.45, 7) is 12.4. The van der Waals surface area contributed by atoms with E-state index in [1.165, 1.54) is 35.1 Å². The maximum Gasteiger partial charge on any atom is 0.223 e. The molecule has 2 unspecified atom stereocenters. The van der Waals surface area contributed by atoms with Gasteiger partial charge in [0.1, 0.15) is 0 Å². The summed E-state index contributed by atoms with van der Waals surface area (Å²) in [7, 11) is 2.04. The summed E-state index contributed by atoms with van der Waals surface area (Å²) in [4.78, 5) is 24.9. The monoisotopic (exact) mass is 549 g/mol. The molecule has 0 spiro atoms. The van der Waals surface area contributed by atoms with E-state index in [-0.39, 0.29) is 17.4 Å². The highest BCUT2D eigenvalue weighted by Crippen LogP contribution is 2.55. The number of rotatable bonds is 8. The fourth-order valence-corrected chi connectivity index (χ4v) is 7.22. The van der Waals surface area contributed by atoms with Gasteiger partial charge >= 0.3 is 0 Å². The van der Waals surface area contributed by atoms with Crippen LogP contribution in [0.3, 0.4) is 0 Å². The van der Waals surface area contributed by atoms with E-state index < -0.39 is 0 Å². The highest BCUT2D eigenvalue weighted by molar-refractivity contribution is 5.89. The molecule has 1 saturated carbocycles. The molecule has 6 rings (SSSR count). The van der Waals surface area contributed by atoms with Gasteiger partial charge in [0.05, 0.1) is 30.0 Å². The number of nitrogens with zero attached hydrogens (tertiary/aromatic N) is 4. The van der Waals surface area contributed by atoms with Crippen LogP contribution in [0.1, 0.15) is 91.6 Å². The number of imidazole rings is 1. The van der Waals surface area contributed by atoms with Crippen LogP contribution in [0.2, 0.25) is 0 Å². The van der Waals surface area contributed by atoms with Gasteiger partial charge in [0, 0.05) is 38.7 Å². The summed E-state index contributed by atoms with van der Waals surface area (Å²) in [6.07, 6.45) is 14.9. The second-order valence-electron chi connectivity index (χ2n) is 12.8. The van der Waals surface area contributed by atoms with Crippen LogP contribution in [0.15, 0.2) is 61.8 Å². The van der Waals surface area contributed by atoms with Gasteiger partial charge < -0.3 is 14.8 Å². The van der Waals surface area contributed by atoms with Gasteiger partial charge in [-0.15, -0.1) is 0 Å². The number of aryl methyl sites for hydroxylation is 2. The van der Waals surface area contributed by atoms with Gasteiger partial charge in [0.25, 0.3) is 0 Å². The number of carbonyl (C=O) groups excluding carboxylic acids is 1. The SMILES string of the molecule is C=CNC(C1=Cc2cccnc2C(C2CCN(C(=O)CC3(C(C)C)CC3)CC2)c2ccc(C)cc21)c1cncn1C. The highest BCUT2D eigenvalue weighted by atomic mass is 16.2. The second kappa shape index (κ2) is 11.0. The van der Waals surface area contributed by atoms with Crippen molar-refractivity contribution in [3.05, 3.63) is 95.5 Å². The largest absolute Gasteiger partial charge is 0.379 e. The lowest BCUT2D eigenvalue weighted by atomic mass is 9.75. The summed E-state index contributed by atoms with van der Waals surface area (Å²) in [5.74, 6) is 1.49. The number of pyridine rings is 1. The van der Waals surface area contributed by atoms with Crippen LogP contribution in [0.5, 0.6) is 0 Å². The Hall–Kier alpha value is -3.67. The van der Waals surface area contributed by atoms with Crippen molar-refractivity contribution in [2.24, 2.45) is 24.3 Å². The standard InChI is InChI=1S/C35H43N5O/c1-6-37-34(30-21-36-22-39(30)5)29-19-26-8-7-15-38-33(26)32(27-10-9-24(4)18-28(27)29)25-11-16-40(17-12-25)31(41)20-35(13-14-35)23(2)3/h6-10,15,18-19,21-23,25,32,34,37H,1,11-14,16-17,20H2,2-5H3. The molecule has 1 aliphatic heterocycles. The lowest BCUT2D eigenvalue weighted by molar-refractivity contribution is -0.134. The van der Waals surface area contributed by atoms with Crippen LogP contribution in [0, 0.1) is 24.2 Å². The number of fused-ring (bicyclic) bond motifs is 2. The zero-order chi connectivity index (χ0) is 28.7. The van der Waals surface area contributed by atoms with E-state index in [4.69, 9.17) is 4.98 Å². The second-order valence-corrected chi connectivity index (χ2v) is 12.8. The summed E-state index contributed by atoms with van der Waals surface area (Å²) in [5.41, 5.74) is 8.62. The van der Waals surface area contributed by atoms with Crippen LogP contribution in [0.4, 0.5) is 0 Å². The number of aromatic nitrogens is 3. The molecule has 6 heteroatoms. The van der Waals surface area contributed by atoms with E-state index >= 15 is 0 Å². The Bertz CT molecular complexity index is 1470. The molecule has 3 aliphatic rings. The molecule has 2 aromatic heterocycles. The first kappa shape index (κ1) is 27.5. The zero-order valence-electron chi connectivity index (χ0n) is 24.9. The molecule has 1 saturated heterocycles. The fraction of sp³-hybridized carbons (Fsp3) is 0.457. The molecule has 6 nitrogen and oxygen atoms in total. The smallest absolute Gasteiger partial charge is 0.223 e. The maximum absolute atomic E-state index is 13.3. The van der Waals surface area contributed by atoms with Crippen molar-refractivity contribution in [3.63, 3.8) is 0 Å². The molecule has 0 radical (unpaired) electrons. The van der Waals surface area contributed by atoms with Gasteiger partial charge in [0.2, 0.25) is 5.91 Å². The number of amides is 1. The van der Waals surface area contributed by atoms with Gasteiger partial charge in [-0.05, 0) is 90.5 Å². The quantitative estimate of drug-likeness (QED) is 0.342. The Labute approximate surface area is 244 Å². The summed E-state index contributed by atoms with van der Waals surface area (Å²) < 4.78 is 2.07. The molecule has 1 aromatic carbocycles. The third-order valence-corrected chi connectivity index (χ3v) is 10.1. The third kappa shape index (κ3) is 5.13. The molecule has 1 N–H and O–H groups in total. The molecule has 2 fully saturated rings. The van der Waals surface area contributed by atoms with Gasteiger partial charge in [-0.2, -0.15) is 0 Å².